The molecule has 0 aromatic carbocycles. The van der Waals surface area contributed by atoms with E-state index in [0.717, 1.165) is 0 Å². The second-order valence-corrected chi connectivity index (χ2v) is 2.35. The van der Waals surface area contributed by atoms with Gasteiger partial charge in [-0.1, -0.05) is 13.8 Å². The van der Waals surface area contributed by atoms with E-state index in [4.69, 9.17) is 0 Å². The second-order valence-electron chi connectivity index (χ2n) is 2.35. The number of hydrogen-bond donors (Lipinski definition) is 1. The number of carbonyl (C=O) groups excluding carboxylic acids is 2. The largest absolute Gasteiger partial charge is 0.433 e. The van der Waals surface area contributed by atoms with E-state index >= 15 is 0 Å². The number of alkyl carbamates (subject to hydrolysis) is 1. The summed E-state index contributed by atoms with van der Waals surface area (Å²) in [6.07, 6.45) is -0.662. The number of amides is 2. The predicted octanol–water partition coefficient (Wildman–Crippen LogP) is 1.06. The predicted molar refractivity (Wildman–Crippen MR) is 40.1 cm³/mol. The molecule has 64 valence electrons. The van der Waals surface area contributed by atoms with Crippen molar-refractivity contribution in [2.24, 2.45) is 0 Å². The number of cyclic esters (lactones) is 1. The summed E-state index contributed by atoms with van der Waals surface area (Å²) >= 11 is 0. The lowest BCUT2D eigenvalue weighted by Gasteiger charge is -2.09. The van der Waals surface area contributed by atoms with E-state index in [1.807, 2.05) is 19.2 Å². The van der Waals surface area contributed by atoms with Crippen LogP contribution in [0, 0.1) is 0 Å². The molecule has 0 saturated carbocycles. The molecule has 1 saturated heterocycles. The minimum atomic E-state index is -0.975. The van der Waals surface area contributed by atoms with Gasteiger partial charge in [0.1, 0.15) is 0 Å². The van der Waals surface area contributed by atoms with Crippen molar-refractivity contribution in [3.8, 4) is 0 Å². The third kappa shape index (κ3) is 2.22. The molecule has 0 aromatic heterocycles. The summed E-state index contributed by atoms with van der Waals surface area (Å²) in [5.41, 5.74) is -0.975. The van der Waals surface area contributed by atoms with Crippen LogP contribution < -0.4 is 5.32 Å². The van der Waals surface area contributed by atoms with Gasteiger partial charge in [0.25, 0.3) is 5.91 Å². The fourth-order valence-corrected chi connectivity index (χ4v) is 0.547. The van der Waals surface area contributed by atoms with Gasteiger partial charge in [0.2, 0.25) is 0 Å². The minimum absolute atomic E-state index is 0.382. The van der Waals surface area contributed by atoms with Crippen LogP contribution in [0.2, 0.25) is 0 Å². The molecule has 1 aliphatic rings. The van der Waals surface area contributed by atoms with E-state index in [-0.39, 0.29) is 5.91 Å². The maximum Gasteiger partial charge on any atom is 0.415 e. The van der Waals surface area contributed by atoms with Crippen molar-refractivity contribution in [1.29, 1.82) is 0 Å². The summed E-state index contributed by atoms with van der Waals surface area (Å²) in [6.45, 7) is 7.07. The maximum atomic E-state index is 10.6. The summed E-state index contributed by atoms with van der Waals surface area (Å²) in [6, 6.07) is 0. The highest BCUT2D eigenvalue weighted by Gasteiger charge is 2.39. The summed E-state index contributed by atoms with van der Waals surface area (Å²) in [4.78, 5) is 21.0. The molecule has 11 heavy (non-hydrogen) atoms. The standard InChI is InChI=1S/C5H7NO3.C2H6/c1-5(2)3(7)6-4(8)9-5;1-2/h1-2H3,(H,6,7,8);1-2H3. The fraction of sp³-hybridized carbons (Fsp3) is 0.714. The highest BCUT2D eigenvalue weighted by Crippen LogP contribution is 2.14. The van der Waals surface area contributed by atoms with Gasteiger partial charge < -0.3 is 4.74 Å². The van der Waals surface area contributed by atoms with Crippen molar-refractivity contribution in [3.63, 3.8) is 0 Å². The Labute approximate surface area is 65.9 Å². The summed E-state index contributed by atoms with van der Waals surface area (Å²) < 4.78 is 4.56. The molecule has 4 nitrogen and oxygen atoms in total. The van der Waals surface area contributed by atoms with Crippen molar-refractivity contribution >= 4 is 12.0 Å². The van der Waals surface area contributed by atoms with Crippen LogP contribution in [0.25, 0.3) is 0 Å². The van der Waals surface area contributed by atoms with E-state index in [9.17, 15) is 9.59 Å². The molecule has 0 aromatic rings. The highest BCUT2D eigenvalue weighted by atomic mass is 16.6. The molecule has 1 rings (SSSR count). The normalized spacial score (nSPS) is 19.6. The number of hydrogen-bond acceptors (Lipinski definition) is 3. The molecule has 0 atom stereocenters. The third-order valence-corrected chi connectivity index (χ3v) is 1.11. The first-order chi connectivity index (χ1) is 5.02. The summed E-state index contributed by atoms with van der Waals surface area (Å²) in [5.74, 6) is -0.382. The Kier molecular flexibility index (Phi) is 3.04. The zero-order valence-electron chi connectivity index (χ0n) is 7.22. The van der Waals surface area contributed by atoms with Gasteiger partial charge >= 0.3 is 6.09 Å². The van der Waals surface area contributed by atoms with Crippen LogP contribution >= 0.6 is 0 Å². The summed E-state index contributed by atoms with van der Waals surface area (Å²) in [5, 5.41) is 2.01. The van der Waals surface area contributed by atoms with Crippen LogP contribution in [-0.2, 0) is 9.53 Å². The maximum absolute atomic E-state index is 10.6. The van der Waals surface area contributed by atoms with Crippen LogP contribution in [0.3, 0.4) is 0 Å². The SMILES string of the molecule is CC.CC1(C)OC(=O)NC1=O. The lowest BCUT2D eigenvalue weighted by molar-refractivity contribution is -0.128. The van der Waals surface area contributed by atoms with Gasteiger partial charge in [-0.3, -0.25) is 10.1 Å². The molecule has 4 heteroatoms. The molecule has 0 spiro atoms. The molecule has 1 fully saturated rings. The fourth-order valence-electron chi connectivity index (χ4n) is 0.547. The Hall–Kier alpha value is -1.06. The average Bonchev–Trinajstić information content (AvgIpc) is 2.10. The van der Waals surface area contributed by atoms with Gasteiger partial charge in [-0.15, -0.1) is 0 Å². The molecular formula is C7H13NO3. The van der Waals surface area contributed by atoms with Crippen molar-refractivity contribution in [2.45, 2.75) is 33.3 Å². The monoisotopic (exact) mass is 159 g/mol. The molecule has 1 N–H and O–H groups in total. The molecule has 1 aliphatic heterocycles. The number of imide groups is 1. The Morgan fingerprint density at radius 1 is 1.27 bits per heavy atom. The lowest BCUT2D eigenvalue weighted by Crippen LogP contribution is -2.32. The molecule has 0 unspecified atom stereocenters. The topological polar surface area (TPSA) is 55.4 Å². The zero-order valence-corrected chi connectivity index (χ0v) is 7.22. The quantitative estimate of drug-likeness (QED) is 0.575. The Morgan fingerprint density at radius 3 is 1.82 bits per heavy atom. The van der Waals surface area contributed by atoms with Gasteiger partial charge in [-0.05, 0) is 13.8 Å². The van der Waals surface area contributed by atoms with E-state index in [2.05, 4.69) is 4.74 Å². The van der Waals surface area contributed by atoms with Gasteiger partial charge in [-0.2, -0.15) is 0 Å². The first-order valence-electron chi connectivity index (χ1n) is 3.57. The lowest BCUT2D eigenvalue weighted by atomic mass is 10.1. The van der Waals surface area contributed by atoms with Crippen molar-refractivity contribution in [2.75, 3.05) is 0 Å². The van der Waals surface area contributed by atoms with Crippen LogP contribution in [0.4, 0.5) is 4.79 Å². The van der Waals surface area contributed by atoms with Crippen molar-refractivity contribution < 1.29 is 14.3 Å². The Bertz CT molecular complexity index is 175. The molecular weight excluding hydrogens is 146 g/mol. The third-order valence-electron chi connectivity index (χ3n) is 1.11. The molecule has 0 aliphatic carbocycles. The minimum Gasteiger partial charge on any atom is -0.433 e. The van der Waals surface area contributed by atoms with Crippen molar-refractivity contribution in [1.82, 2.24) is 5.32 Å². The Morgan fingerprint density at radius 2 is 1.73 bits per heavy atom. The molecule has 2 amide bonds. The molecule has 0 radical (unpaired) electrons. The van der Waals surface area contributed by atoms with E-state index in [1.165, 1.54) is 13.8 Å². The number of carbonyl (C=O) groups is 2. The number of rotatable bonds is 0. The van der Waals surface area contributed by atoms with E-state index < -0.39 is 11.7 Å². The highest BCUT2D eigenvalue weighted by molar-refractivity contribution is 6.02. The van der Waals surface area contributed by atoms with Crippen LogP contribution in [0.5, 0.6) is 0 Å². The molecule has 1 heterocycles. The summed E-state index contributed by atoms with van der Waals surface area (Å²) in [7, 11) is 0. The van der Waals surface area contributed by atoms with E-state index in [1.54, 1.807) is 0 Å². The Balaban J connectivity index is 0.000000461. The smallest absolute Gasteiger partial charge is 0.415 e. The zero-order chi connectivity index (χ0) is 9.07. The van der Waals surface area contributed by atoms with Gasteiger partial charge in [-0.25, -0.2) is 4.79 Å². The van der Waals surface area contributed by atoms with Crippen LogP contribution in [-0.4, -0.2) is 17.6 Å². The van der Waals surface area contributed by atoms with Gasteiger partial charge in [0.05, 0.1) is 0 Å². The van der Waals surface area contributed by atoms with Crippen LogP contribution in [0.1, 0.15) is 27.7 Å². The molecule has 0 bridgehead atoms. The van der Waals surface area contributed by atoms with E-state index in [0.29, 0.717) is 0 Å². The average molecular weight is 159 g/mol. The number of ether oxygens (including phenoxy) is 1. The first kappa shape index (κ1) is 9.94. The second kappa shape index (κ2) is 3.37. The van der Waals surface area contributed by atoms with Gasteiger partial charge in [0.15, 0.2) is 5.60 Å². The van der Waals surface area contributed by atoms with Crippen molar-refractivity contribution in [3.05, 3.63) is 0 Å². The first-order valence-corrected chi connectivity index (χ1v) is 3.57. The van der Waals surface area contributed by atoms with Gasteiger partial charge in [0, 0.05) is 0 Å². The number of nitrogens with one attached hydrogen (secondary N) is 1. The van der Waals surface area contributed by atoms with Crippen LogP contribution in [0.15, 0.2) is 0 Å².